The van der Waals surface area contributed by atoms with Gasteiger partial charge in [-0.1, -0.05) is 12.1 Å². The molecule has 3 aromatic rings. The topological polar surface area (TPSA) is 26.2 Å². The van der Waals surface area contributed by atoms with Gasteiger partial charge < -0.3 is 14.6 Å². The van der Waals surface area contributed by atoms with Gasteiger partial charge in [0.15, 0.2) is 0 Å². The quantitative estimate of drug-likeness (QED) is 0.730. The Morgan fingerprint density at radius 2 is 2.04 bits per heavy atom. The summed E-state index contributed by atoms with van der Waals surface area (Å²) in [5.41, 5.74) is 5.70. The predicted octanol–water partition coefficient (Wildman–Crippen LogP) is 4.62. The summed E-state index contributed by atoms with van der Waals surface area (Å²) in [6.45, 7) is 0.935. The second-order valence-electron chi connectivity index (χ2n) is 6.89. The number of nitrogens with one attached hydrogen (secondary N) is 1. The molecule has 1 aromatic carbocycles. The lowest BCUT2D eigenvalue weighted by Crippen LogP contribution is -2.22. The standard InChI is InChI=1S/C21H22N2OS/c1-24-15-7-4-6-14(12-15)20-18-9-5-11-23(18)21-17(13-22-20)16-8-2-3-10-19(16)25-21/h4-7,9,11-12,20,22H,2-3,8,10,13H2,1H3/t20-/m1/s1. The highest BCUT2D eigenvalue weighted by atomic mass is 32.1. The van der Waals surface area contributed by atoms with Crippen LogP contribution in [-0.4, -0.2) is 11.7 Å². The molecule has 25 heavy (non-hydrogen) atoms. The molecule has 0 saturated carbocycles. The monoisotopic (exact) mass is 350 g/mol. The van der Waals surface area contributed by atoms with Crippen LogP contribution in [0.25, 0.3) is 5.00 Å². The van der Waals surface area contributed by atoms with E-state index in [9.17, 15) is 0 Å². The van der Waals surface area contributed by atoms with Gasteiger partial charge in [0.2, 0.25) is 0 Å². The van der Waals surface area contributed by atoms with Crippen LogP contribution in [0.15, 0.2) is 42.6 Å². The van der Waals surface area contributed by atoms with Crippen LogP contribution < -0.4 is 10.1 Å². The average Bonchev–Trinajstić information content (AvgIpc) is 3.24. The molecule has 0 radical (unpaired) electrons. The Morgan fingerprint density at radius 3 is 2.96 bits per heavy atom. The number of thiophene rings is 1. The van der Waals surface area contributed by atoms with Crippen molar-refractivity contribution in [3.05, 3.63) is 69.9 Å². The minimum Gasteiger partial charge on any atom is -0.497 e. The van der Waals surface area contributed by atoms with E-state index >= 15 is 0 Å². The highest BCUT2D eigenvalue weighted by Crippen LogP contribution is 2.41. The third-order valence-corrected chi connectivity index (χ3v) is 6.80. The van der Waals surface area contributed by atoms with Crippen molar-refractivity contribution in [1.29, 1.82) is 0 Å². The van der Waals surface area contributed by atoms with Crippen LogP contribution >= 0.6 is 11.3 Å². The van der Waals surface area contributed by atoms with Crippen molar-refractivity contribution in [2.24, 2.45) is 0 Å². The zero-order valence-corrected chi connectivity index (χ0v) is 15.2. The number of hydrogen-bond acceptors (Lipinski definition) is 3. The maximum Gasteiger partial charge on any atom is 0.119 e. The van der Waals surface area contributed by atoms with E-state index in [0.717, 1.165) is 12.3 Å². The molecule has 1 aliphatic heterocycles. The fourth-order valence-electron chi connectivity index (χ4n) is 4.23. The van der Waals surface area contributed by atoms with Crippen molar-refractivity contribution < 1.29 is 4.74 Å². The first-order valence-corrected chi connectivity index (χ1v) is 9.85. The Bertz CT molecular complexity index is 924. The lowest BCUT2D eigenvalue weighted by Gasteiger charge is -2.19. The van der Waals surface area contributed by atoms with Crippen LogP contribution in [0.2, 0.25) is 0 Å². The Kier molecular flexibility index (Phi) is 3.68. The second kappa shape index (κ2) is 6.04. The molecule has 1 atom stereocenters. The van der Waals surface area contributed by atoms with E-state index in [1.807, 2.05) is 17.4 Å². The van der Waals surface area contributed by atoms with Crippen molar-refractivity contribution in [2.75, 3.05) is 7.11 Å². The fourth-order valence-corrected chi connectivity index (χ4v) is 5.64. The molecule has 4 heteroatoms. The third kappa shape index (κ3) is 2.43. The zero-order chi connectivity index (χ0) is 16.8. The number of rotatable bonds is 2. The first kappa shape index (κ1) is 15.2. The smallest absolute Gasteiger partial charge is 0.119 e. The van der Waals surface area contributed by atoms with Crippen LogP contribution in [0.5, 0.6) is 5.75 Å². The number of fused-ring (bicyclic) bond motifs is 5. The molecule has 128 valence electrons. The van der Waals surface area contributed by atoms with Crippen LogP contribution in [0.1, 0.15) is 46.1 Å². The summed E-state index contributed by atoms with van der Waals surface area (Å²) in [6, 6.07) is 13.0. The lowest BCUT2D eigenvalue weighted by molar-refractivity contribution is 0.413. The van der Waals surface area contributed by atoms with Gasteiger partial charge in [0.25, 0.3) is 0 Å². The fraction of sp³-hybridized carbons (Fsp3) is 0.333. The molecule has 5 rings (SSSR count). The number of aromatic nitrogens is 1. The van der Waals surface area contributed by atoms with Crippen molar-refractivity contribution in [1.82, 2.24) is 9.88 Å². The Morgan fingerprint density at radius 1 is 1.12 bits per heavy atom. The predicted molar refractivity (Wildman–Crippen MR) is 102 cm³/mol. The number of methoxy groups -OCH3 is 1. The van der Waals surface area contributed by atoms with Gasteiger partial charge in [-0.3, -0.25) is 0 Å². The summed E-state index contributed by atoms with van der Waals surface area (Å²) < 4.78 is 7.84. The van der Waals surface area contributed by atoms with Crippen molar-refractivity contribution in [3.8, 4) is 10.8 Å². The van der Waals surface area contributed by atoms with E-state index in [2.05, 4.69) is 46.4 Å². The zero-order valence-electron chi connectivity index (χ0n) is 14.4. The first-order valence-electron chi connectivity index (χ1n) is 9.03. The molecule has 0 saturated heterocycles. The number of ether oxygens (including phenoxy) is 1. The third-order valence-electron chi connectivity index (χ3n) is 5.46. The summed E-state index contributed by atoms with van der Waals surface area (Å²) in [7, 11) is 1.73. The lowest BCUT2D eigenvalue weighted by atomic mass is 9.95. The minimum atomic E-state index is 0.184. The Hall–Kier alpha value is -2.04. The first-order chi connectivity index (χ1) is 12.3. The van der Waals surface area contributed by atoms with E-state index in [1.54, 1.807) is 17.6 Å². The molecule has 3 heterocycles. The van der Waals surface area contributed by atoms with Gasteiger partial charge >= 0.3 is 0 Å². The molecule has 0 bridgehead atoms. The van der Waals surface area contributed by atoms with Crippen molar-refractivity contribution in [3.63, 3.8) is 0 Å². The van der Waals surface area contributed by atoms with Gasteiger partial charge in [-0.05, 0) is 61.1 Å². The molecule has 1 N–H and O–H groups in total. The Labute approximate surface area is 152 Å². The maximum absolute atomic E-state index is 5.44. The van der Waals surface area contributed by atoms with E-state index in [0.29, 0.717) is 0 Å². The van der Waals surface area contributed by atoms with Gasteiger partial charge in [0.05, 0.1) is 13.2 Å². The SMILES string of the molecule is COc1cccc([C@H]2NCc3c(sc4c3CCCC4)-n3cccc32)c1. The van der Waals surface area contributed by atoms with Gasteiger partial charge in [-0.25, -0.2) is 0 Å². The number of nitrogens with zero attached hydrogens (tertiary/aromatic N) is 1. The molecular formula is C21H22N2OS. The normalized spacial score (nSPS) is 18.8. The van der Waals surface area contributed by atoms with Crippen LogP contribution in [0.3, 0.4) is 0 Å². The molecule has 2 aromatic heterocycles. The summed E-state index contributed by atoms with van der Waals surface area (Å²) in [5, 5.41) is 5.24. The van der Waals surface area contributed by atoms with Gasteiger partial charge in [0, 0.05) is 28.9 Å². The van der Waals surface area contributed by atoms with Gasteiger partial charge in [0.1, 0.15) is 10.8 Å². The Balaban J connectivity index is 1.63. The van der Waals surface area contributed by atoms with Crippen LogP contribution in [0.4, 0.5) is 0 Å². The largest absolute Gasteiger partial charge is 0.497 e. The number of aryl methyl sites for hydroxylation is 1. The molecule has 2 aliphatic rings. The van der Waals surface area contributed by atoms with Gasteiger partial charge in [-0.2, -0.15) is 0 Å². The molecular weight excluding hydrogens is 328 g/mol. The second-order valence-corrected chi connectivity index (χ2v) is 7.97. The van der Waals surface area contributed by atoms with E-state index in [1.165, 1.54) is 47.5 Å². The highest BCUT2D eigenvalue weighted by Gasteiger charge is 2.28. The van der Waals surface area contributed by atoms with Crippen molar-refractivity contribution in [2.45, 2.75) is 38.3 Å². The van der Waals surface area contributed by atoms with Crippen LogP contribution in [-0.2, 0) is 19.4 Å². The summed E-state index contributed by atoms with van der Waals surface area (Å²) in [4.78, 5) is 1.61. The van der Waals surface area contributed by atoms with E-state index in [4.69, 9.17) is 4.74 Å². The molecule has 3 nitrogen and oxygen atoms in total. The molecule has 0 unspecified atom stereocenters. The molecule has 0 amide bonds. The summed E-state index contributed by atoms with van der Waals surface area (Å²) in [5.74, 6) is 0.911. The highest BCUT2D eigenvalue weighted by molar-refractivity contribution is 7.15. The number of benzene rings is 1. The summed E-state index contributed by atoms with van der Waals surface area (Å²) >= 11 is 2.00. The average molecular weight is 350 g/mol. The minimum absolute atomic E-state index is 0.184. The molecule has 1 aliphatic carbocycles. The molecule has 0 spiro atoms. The molecule has 0 fully saturated rings. The van der Waals surface area contributed by atoms with E-state index in [-0.39, 0.29) is 6.04 Å². The maximum atomic E-state index is 5.44. The van der Waals surface area contributed by atoms with Gasteiger partial charge in [-0.15, -0.1) is 11.3 Å². The van der Waals surface area contributed by atoms with E-state index < -0.39 is 0 Å². The number of hydrogen-bond donors (Lipinski definition) is 1. The van der Waals surface area contributed by atoms with Crippen LogP contribution in [0, 0.1) is 0 Å². The summed E-state index contributed by atoms with van der Waals surface area (Å²) in [6.07, 6.45) is 7.38. The van der Waals surface area contributed by atoms with Crippen molar-refractivity contribution >= 4 is 11.3 Å².